The number of carbonyl (C=O) groups is 1. The van der Waals surface area contributed by atoms with Crippen molar-refractivity contribution in [1.29, 1.82) is 0 Å². The number of aromatic nitrogens is 3. The molecule has 0 saturated carbocycles. The molecule has 0 bridgehead atoms. The minimum atomic E-state index is -5.44. The normalized spacial score (nSPS) is 22.6. The van der Waals surface area contributed by atoms with Crippen LogP contribution in [0.2, 0.25) is 0 Å². The van der Waals surface area contributed by atoms with Gasteiger partial charge in [-0.2, -0.15) is 17.5 Å². The molecule has 14 heteroatoms. The highest BCUT2D eigenvalue weighted by Crippen LogP contribution is 2.29. The van der Waals surface area contributed by atoms with Crippen LogP contribution in [0.3, 0.4) is 0 Å². The predicted octanol–water partition coefficient (Wildman–Crippen LogP) is 3.28. The zero-order valence-corrected chi connectivity index (χ0v) is 23.5. The maximum Gasteiger partial charge on any atom is 0.511 e. The Morgan fingerprint density at radius 1 is 1.07 bits per heavy atom. The zero-order valence-electron chi connectivity index (χ0n) is 22.6. The van der Waals surface area contributed by atoms with Gasteiger partial charge in [-0.1, -0.05) is 6.07 Å². The Hall–Kier alpha value is -3.36. The van der Waals surface area contributed by atoms with Crippen molar-refractivity contribution in [2.24, 2.45) is 0 Å². The molecule has 1 amide bonds. The fourth-order valence-electron chi connectivity index (χ4n) is 5.27. The van der Waals surface area contributed by atoms with Gasteiger partial charge in [0.15, 0.2) is 0 Å². The van der Waals surface area contributed by atoms with Crippen LogP contribution in [0.1, 0.15) is 32.4 Å². The van der Waals surface area contributed by atoms with Gasteiger partial charge >= 0.3 is 15.5 Å². The highest BCUT2D eigenvalue weighted by Gasteiger charge is 2.50. The number of pyridine rings is 3. The first-order valence-electron chi connectivity index (χ1n) is 13.4. The van der Waals surface area contributed by atoms with Gasteiger partial charge in [0, 0.05) is 43.8 Å². The minimum absolute atomic E-state index is 0.0936. The number of ether oxygens (including phenoxy) is 1. The SMILES string of the molecule is C[C@@H]1CN(c2cccc(-c3ccc4cnc(CC(=O)NC5CCCN(S(=O)(=O)C(F)(F)F)C5)cc4n3)n2)C[C@H](C)O1. The molecule has 1 unspecified atom stereocenters. The molecule has 0 spiro atoms. The smallest absolute Gasteiger partial charge is 0.372 e. The average Bonchev–Trinajstić information content (AvgIpc) is 2.91. The van der Waals surface area contributed by atoms with E-state index in [1.54, 1.807) is 12.3 Å². The molecule has 2 aliphatic heterocycles. The lowest BCUT2D eigenvalue weighted by Gasteiger charge is -2.36. The number of hydrogen-bond acceptors (Lipinski definition) is 8. The van der Waals surface area contributed by atoms with Crippen molar-refractivity contribution in [3.63, 3.8) is 0 Å². The Bertz CT molecular complexity index is 1530. The third-order valence-electron chi connectivity index (χ3n) is 7.09. The Kier molecular flexibility index (Phi) is 8.17. The molecule has 3 aromatic heterocycles. The van der Waals surface area contributed by atoms with Crippen LogP contribution in [0.4, 0.5) is 19.0 Å². The number of hydrogen-bond donors (Lipinski definition) is 1. The molecule has 1 N–H and O–H groups in total. The number of anilines is 1. The molecule has 5 heterocycles. The number of morpholine rings is 1. The van der Waals surface area contributed by atoms with Gasteiger partial charge in [-0.25, -0.2) is 18.4 Å². The van der Waals surface area contributed by atoms with Gasteiger partial charge in [0.25, 0.3) is 0 Å². The molecule has 41 heavy (non-hydrogen) atoms. The average molecular weight is 593 g/mol. The summed E-state index contributed by atoms with van der Waals surface area (Å²) in [6, 6.07) is 10.5. The summed E-state index contributed by atoms with van der Waals surface area (Å²) >= 11 is 0. The first kappa shape index (κ1) is 29.1. The van der Waals surface area contributed by atoms with Crippen molar-refractivity contribution in [2.75, 3.05) is 31.1 Å². The number of sulfonamides is 1. The van der Waals surface area contributed by atoms with Gasteiger partial charge in [-0.05, 0) is 57.0 Å². The largest absolute Gasteiger partial charge is 0.511 e. The second-order valence-corrected chi connectivity index (χ2v) is 12.4. The number of fused-ring (bicyclic) bond motifs is 1. The van der Waals surface area contributed by atoms with Crippen LogP contribution in [-0.4, -0.2) is 83.5 Å². The van der Waals surface area contributed by atoms with E-state index in [1.165, 1.54) is 0 Å². The highest BCUT2D eigenvalue weighted by molar-refractivity contribution is 7.90. The number of piperidine rings is 1. The van der Waals surface area contributed by atoms with Crippen LogP contribution in [0.15, 0.2) is 42.6 Å². The van der Waals surface area contributed by atoms with Gasteiger partial charge in [-0.15, -0.1) is 0 Å². The summed E-state index contributed by atoms with van der Waals surface area (Å²) in [5, 5.41) is 3.42. The number of amides is 1. The minimum Gasteiger partial charge on any atom is -0.372 e. The molecule has 2 saturated heterocycles. The van der Waals surface area contributed by atoms with E-state index in [4.69, 9.17) is 14.7 Å². The fraction of sp³-hybridized carbons (Fsp3) is 0.481. The third-order valence-corrected chi connectivity index (χ3v) is 8.69. The van der Waals surface area contributed by atoms with Gasteiger partial charge in [-0.3, -0.25) is 9.78 Å². The Morgan fingerprint density at radius 2 is 1.80 bits per heavy atom. The van der Waals surface area contributed by atoms with Crippen LogP contribution < -0.4 is 10.2 Å². The summed E-state index contributed by atoms with van der Waals surface area (Å²) in [7, 11) is -5.44. The summed E-state index contributed by atoms with van der Waals surface area (Å²) in [6.07, 6.45) is 2.24. The molecule has 0 aromatic carbocycles. The lowest BCUT2D eigenvalue weighted by Crippen LogP contribution is -2.52. The van der Waals surface area contributed by atoms with E-state index in [0.29, 0.717) is 33.3 Å². The molecule has 3 aromatic rings. The van der Waals surface area contributed by atoms with Crippen molar-refractivity contribution in [1.82, 2.24) is 24.6 Å². The first-order valence-corrected chi connectivity index (χ1v) is 14.8. The standard InChI is InChI=1S/C27H31F3N6O4S/c1-17-14-35(15-18(2)40-17)25-7-3-6-22(34-25)23-9-8-19-13-31-21(11-24(19)33-23)12-26(37)32-20-5-4-10-36(16-20)41(38,39)27(28,29)30/h3,6-9,11,13,17-18,20H,4-5,10,12,14-16H2,1-2H3,(H,32,37)/t17-,18+,20?. The maximum absolute atomic E-state index is 13.0. The van der Waals surface area contributed by atoms with Crippen molar-refractivity contribution in [3.05, 3.63) is 48.3 Å². The maximum atomic E-state index is 13.0. The molecular formula is C27H31F3N6O4S. The Balaban J connectivity index is 1.28. The summed E-state index contributed by atoms with van der Waals surface area (Å²) in [5.41, 5.74) is -2.99. The van der Waals surface area contributed by atoms with Crippen LogP contribution in [-0.2, 0) is 26.0 Å². The number of halogens is 3. The van der Waals surface area contributed by atoms with Gasteiger partial charge < -0.3 is 15.0 Å². The van der Waals surface area contributed by atoms with Gasteiger partial charge in [0.2, 0.25) is 5.91 Å². The molecule has 3 atom stereocenters. The van der Waals surface area contributed by atoms with Crippen LogP contribution in [0, 0.1) is 0 Å². The second kappa shape index (κ2) is 11.5. The lowest BCUT2D eigenvalue weighted by molar-refractivity contribution is -0.121. The number of rotatable bonds is 6. The third kappa shape index (κ3) is 6.60. The molecule has 0 aliphatic carbocycles. The van der Waals surface area contributed by atoms with Crippen molar-refractivity contribution in [3.8, 4) is 11.4 Å². The van der Waals surface area contributed by atoms with Crippen LogP contribution in [0.5, 0.6) is 0 Å². The van der Waals surface area contributed by atoms with Gasteiger partial charge in [0.05, 0.1) is 41.2 Å². The molecule has 0 radical (unpaired) electrons. The zero-order chi connectivity index (χ0) is 29.4. The first-order chi connectivity index (χ1) is 19.4. The molecule has 2 aliphatic rings. The number of carbonyl (C=O) groups excluding carboxylic acids is 1. The topological polar surface area (TPSA) is 118 Å². The highest BCUT2D eigenvalue weighted by atomic mass is 32.2. The number of alkyl halides is 3. The van der Waals surface area contributed by atoms with E-state index in [1.807, 2.05) is 44.2 Å². The van der Waals surface area contributed by atoms with E-state index in [2.05, 4.69) is 15.2 Å². The van der Waals surface area contributed by atoms with Crippen molar-refractivity contribution < 1.29 is 31.1 Å². The Labute approximate surface area is 236 Å². The van der Waals surface area contributed by atoms with E-state index in [0.717, 1.165) is 24.3 Å². The quantitative estimate of drug-likeness (QED) is 0.464. The molecule has 5 rings (SSSR count). The van der Waals surface area contributed by atoms with E-state index in [-0.39, 0.29) is 31.6 Å². The second-order valence-electron chi connectivity index (χ2n) is 10.5. The molecule has 2 fully saturated rings. The van der Waals surface area contributed by atoms with Gasteiger partial charge in [0.1, 0.15) is 5.82 Å². The number of nitrogens with one attached hydrogen (secondary N) is 1. The van der Waals surface area contributed by atoms with Crippen LogP contribution >= 0.6 is 0 Å². The predicted molar refractivity (Wildman–Crippen MR) is 146 cm³/mol. The molecule has 220 valence electrons. The fourth-order valence-corrected chi connectivity index (χ4v) is 6.31. The van der Waals surface area contributed by atoms with E-state index in [9.17, 15) is 26.4 Å². The lowest BCUT2D eigenvalue weighted by atomic mass is 10.1. The summed E-state index contributed by atoms with van der Waals surface area (Å²) in [5.74, 6) is 0.371. The number of nitrogens with zero attached hydrogens (tertiary/aromatic N) is 5. The summed E-state index contributed by atoms with van der Waals surface area (Å²) < 4.78 is 68.6. The summed E-state index contributed by atoms with van der Waals surface area (Å²) in [4.78, 5) is 28.8. The monoisotopic (exact) mass is 592 g/mol. The summed E-state index contributed by atoms with van der Waals surface area (Å²) in [6.45, 7) is 4.87. The van der Waals surface area contributed by atoms with Crippen molar-refractivity contribution >= 4 is 32.7 Å². The molecular weight excluding hydrogens is 561 g/mol. The van der Waals surface area contributed by atoms with Crippen LogP contribution in [0.25, 0.3) is 22.3 Å². The van der Waals surface area contributed by atoms with E-state index >= 15 is 0 Å². The Morgan fingerprint density at radius 3 is 2.54 bits per heavy atom. The van der Waals surface area contributed by atoms with E-state index < -0.39 is 34.0 Å². The molecule has 10 nitrogen and oxygen atoms in total. The van der Waals surface area contributed by atoms with Crippen molar-refractivity contribution in [2.45, 2.75) is 56.9 Å².